The average molecular weight is 257 g/mol. The molecule has 1 aliphatic heterocycles. The van der Waals surface area contributed by atoms with E-state index in [4.69, 9.17) is 4.74 Å². The molecular weight excluding hydrogens is 234 g/mol. The van der Waals surface area contributed by atoms with E-state index in [0.717, 1.165) is 31.0 Å². The van der Waals surface area contributed by atoms with Gasteiger partial charge in [0.2, 0.25) is 0 Å². The van der Waals surface area contributed by atoms with Crippen LogP contribution < -0.4 is 5.32 Å². The summed E-state index contributed by atoms with van der Waals surface area (Å²) in [4.78, 5) is 11.3. The van der Waals surface area contributed by atoms with E-state index in [-0.39, 0.29) is 5.97 Å². The molecule has 0 unspecified atom stereocenters. The van der Waals surface area contributed by atoms with Crippen LogP contribution in [0.5, 0.6) is 0 Å². The number of hydrogen-bond donors (Lipinski definition) is 1. The molecule has 1 rings (SSSR count). The largest absolute Gasteiger partial charge is 0.466 e. The fourth-order valence-corrected chi connectivity index (χ4v) is 3.14. The Morgan fingerprint density at radius 1 is 1.47 bits per heavy atom. The van der Waals surface area contributed by atoms with Crippen molar-refractivity contribution < 1.29 is 9.53 Å². The van der Waals surface area contributed by atoms with E-state index in [9.17, 15) is 4.79 Å². The van der Waals surface area contributed by atoms with Gasteiger partial charge in [0.05, 0.1) is 7.11 Å². The molecule has 0 aromatic heterocycles. The third-order valence-corrected chi connectivity index (χ3v) is 4.14. The first kappa shape index (κ1) is 14.6. The number of hydrogen-bond acceptors (Lipinski definition) is 4. The molecule has 4 heteroatoms. The van der Waals surface area contributed by atoms with E-state index in [1.54, 1.807) is 0 Å². The maximum absolute atomic E-state index is 11.3. The fraction of sp³-hybridized carbons (Fsp3) is 0.769. The lowest BCUT2D eigenvalue weighted by molar-refractivity contribution is -0.136. The van der Waals surface area contributed by atoms with Crippen molar-refractivity contribution in [1.29, 1.82) is 0 Å². The highest BCUT2D eigenvalue weighted by molar-refractivity contribution is 7.99. The van der Waals surface area contributed by atoms with Gasteiger partial charge in [0.1, 0.15) is 0 Å². The number of nitrogens with one attached hydrogen (secondary N) is 1. The summed E-state index contributed by atoms with van der Waals surface area (Å²) in [5.41, 5.74) is 0.763. The van der Waals surface area contributed by atoms with Gasteiger partial charge in [-0.15, -0.1) is 0 Å². The van der Waals surface area contributed by atoms with E-state index in [1.807, 2.05) is 13.0 Å². The molecule has 17 heavy (non-hydrogen) atoms. The van der Waals surface area contributed by atoms with Gasteiger partial charge in [-0.1, -0.05) is 13.0 Å². The predicted molar refractivity (Wildman–Crippen MR) is 73.3 cm³/mol. The lowest BCUT2D eigenvalue weighted by Gasteiger charge is -2.21. The molecule has 0 aromatic carbocycles. The topological polar surface area (TPSA) is 38.3 Å². The van der Waals surface area contributed by atoms with Crippen LogP contribution in [0.15, 0.2) is 11.6 Å². The minimum atomic E-state index is -0.205. The van der Waals surface area contributed by atoms with Crippen LogP contribution in [0.2, 0.25) is 0 Å². The van der Waals surface area contributed by atoms with E-state index in [1.165, 1.54) is 31.5 Å². The highest BCUT2D eigenvalue weighted by Crippen LogP contribution is 2.21. The zero-order chi connectivity index (χ0) is 12.5. The molecule has 98 valence electrons. The number of esters is 1. The van der Waals surface area contributed by atoms with Crippen LogP contribution in [0.1, 0.15) is 26.2 Å². The fourth-order valence-electron chi connectivity index (χ4n) is 1.94. The Labute approximate surface area is 108 Å². The quantitative estimate of drug-likeness (QED) is 0.450. The molecule has 0 bridgehead atoms. The first-order chi connectivity index (χ1) is 8.27. The molecule has 1 fully saturated rings. The zero-order valence-corrected chi connectivity index (χ0v) is 11.6. The molecular formula is C13H23NO2S. The molecule has 1 saturated heterocycles. The highest BCUT2D eigenvalue weighted by atomic mass is 32.2. The molecule has 0 radical (unpaired) electrons. The van der Waals surface area contributed by atoms with Gasteiger partial charge in [0.15, 0.2) is 0 Å². The Balaban J connectivity index is 2.20. The minimum absolute atomic E-state index is 0.205. The number of thioether (sulfide) groups is 1. The second kappa shape index (κ2) is 8.59. The molecule has 0 amide bonds. The first-order valence-corrected chi connectivity index (χ1v) is 7.49. The number of carbonyl (C=O) groups is 1. The van der Waals surface area contributed by atoms with Crippen LogP contribution in [0, 0.1) is 5.92 Å². The number of rotatable bonds is 6. The maximum Gasteiger partial charge on any atom is 0.333 e. The second-order valence-corrected chi connectivity index (χ2v) is 5.51. The Morgan fingerprint density at radius 2 is 2.18 bits per heavy atom. The third kappa shape index (κ3) is 5.59. The Bertz CT molecular complexity index is 260. The van der Waals surface area contributed by atoms with Crippen LogP contribution in [-0.2, 0) is 9.53 Å². The molecule has 0 aliphatic carbocycles. The predicted octanol–water partition coefficient (Wildman–Crippen LogP) is 2.23. The van der Waals surface area contributed by atoms with Crippen LogP contribution in [0.4, 0.5) is 0 Å². The van der Waals surface area contributed by atoms with E-state index >= 15 is 0 Å². The van der Waals surface area contributed by atoms with Crippen LogP contribution >= 0.6 is 11.8 Å². The zero-order valence-electron chi connectivity index (χ0n) is 10.8. The monoisotopic (exact) mass is 257 g/mol. The minimum Gasteiger partial charge on any atom is -0.466 e. The molecule has 1 aliphatic rings. The lowest BCUT2D eigenvalue weighted by Crippen LogP contribution is -2.26. The van der Waals surface area contributed by atoms with Gasteiger partial charge in [-0.05, 0) is 43.2 Å². The van der Waals surface area contributed by atoms with Gasteiger partial charge < -0.3 is 10.1 Å². The maximum atomic E-state index is 11.3. The van der Waals surface area contributed by atoms with Crippen molar-refractivity contribution >= 4 is 17.7 Å². The molecule has 1 N–H and O–H groups in total. The molecule has 0 spiro atoms. The van der Waals surface area contributed by atoms with Crippen molar-refractivity contribution in [2.24, 2.45) is 5.92 Å². The van der Waals surface area contributed by atoms with Crippen LogP contribution in [0.25, 0.3) is 0 Å². The van der Waals surface area contributed by atoms with E-state index in [2.05, 4.69) is 17.1 Å². The summed E-state index contributed by atoms with van der Waals surface area (Å²) < 4.78 is 4.71. The molecule has 0 aromatic rings. The molecule has 1 heterocycles. The molecule has 0 saturated carbocycles. The number of ether oxygens (including phenoxy) is 1. The van der Waals surface area contributed by atoms with Gasteiger partial charge >= 0.3 is 5.97 Å². The van der Waals surface area contributed by atoms with Gasteiger partial charge in [0, 0.05) is 12.1 Å². The molecule has 3 nitrogen and oxygen atoms in total. The summed E-state index contributed by atoms with van der Waals surface area (Å²) in [6.07, 6.45) is 5.32. The summed E-state index contributed by atoms with van der Waals surface area (Å²) in [7, 11) is 1.43. The summed E-state index contributed by atoms with van der Waals surface area (Å²) >= 11 is 2.05. The standard InChI is InChI=1S/C13H23NO2S/c1-3-12(13(15)16-2)4-7-14-10-11-5-8-17-9-6-11/h4,11,14H,3,5-10H2,1-2H3. The SMILES string of the molecule is CCC(=CCNCC1CCSCC1)C(=O)OC. The van der Waals surface area contributed by atoms with E-state index < -0.39 is 0 Å². The van der Waals surface area contributed by atoms with Crippen LogP contribution in [0.3, 0.4) is 0 Å². The summed E-state index contributed by atoms with van der Waals surface area (Å²) in [5.74, 6) is 3.20. The van der Waals surface area contributed by atoms with Crippen molar-refractivity contribution in [2.75, 3.05) is 31.7 Å². The van der Waals surface area contributed by atoms with Crippen LogP contribution in [-0.4, -0.2) is 37.7 Å². The highest BCUT2D eigenvalue weighted by Gasteiger charge is 2.12. The summed E-state index contributed by atoms with van der Waals surface area (Å²) in [6.45, 7) is 3.80. The second-order valence-electron chi connectivity index (χ2n) is 4.29. The van der Waals surface area contributed by atoms with Crippen molar-refractivity contribution in [3.05, 3.63) is 11.6 Å². The van der Waals surface area contributed by atoms with Gasteiger partial charge in [0.25, 0.3) is 0 Å². The van der Waals surface area contributed by atoms with Gasteiger partial charge in [-0.2, -0.15) is 11.8 Å². The number of carbonyl (C=O) groups excluding carboxylic acids is 1. The summed E-state index contributed by atoms with van der Waals surface area (Å²) in [6, 6.07) is 0. The van der Waals surface area contributed by atoms with Crippen molar-refractivity contribution in [3.63, 3.8) is 0 Å². The lowest BCUT2D eigenvalue weighted by atomic mass is 10.0. The normalized spacial score (nSPS) is 18.1. The summed E-state index contributed by atoms with van der Waals surface area (Å²) in [5, 5.41) is 3.41. The Hall–Kier alpha value is -0.480. The Kier molecular flexibility index (Phi) is 7.37. The first-order valence-electron chi connectivity index (χ1n) is 6.33. The van der Waals surface area contributed by atoms with Crippen molar-refractivity contribution in [2.45, 2.75) is 26.2 Å². The Morgan fingerprint density at radius 3 is 2.76 bits per heavy atom. The van der Waals surface area contributed by atoms with Gasteiger partial charge in [-0.25, -0.2) is 4.79 Å². The van der Waals surface area contributed by atoms with E-state index in [0.29, 0.717) is 0 Å². The average Bonchev–Trinajstić information content (AvgIpc) is 2.39. The van der Waals surface area contributed by atoms with Crippen molar-refractivity contribution in [1.82, 2.24) is 5.32 Å². The van der Waals surface area contributed by atoms with Gasteiger partial charge in [-0.3, -0.25) is 0 Å². The third-order valence-electron chi connectivity index (χ3n) is 3.10. The number of methoxy groups -OCH3 is 1. The molecule has 0 atom stereocenters. The van der Waals surface area contributed by atoms with Crippen molar-refractivity contribution in [3.8, 4) is 0 Å². The smallest absolute Gasteiger partial charge is 0.333 e.